The number of amides is 1. The average Bonchev–Trinajstić information content (AvgIpc) is 2.30. The van der Waals surface area contributed by atoms with Crippen molar-refractivity contribution >= 4 is 5.91 Å². The van der Waals surface area contributed by atoms with E-state index in [9.17, 15) is 13.6 Å². The van der Waals surface area contributed by atoms with Crippen molar-refractivity contribution < 1.29 is 13.6 Å². The lowest BCUT2D eigenvalue weighted by Gasteiger charge is -2.31. The van der Waals surface area contributed by atoms with Gasteiger partial charge >= 0.3 is 0 Å². The standard InChI is InChI=1S/C14H18F2N2O/c1-9(10-7-17-8-10)14(19)18-6-5-11-12(15)3-2-4-13(11)16/h2-4,9-10,17H,5-8H2,1H3,(H,18,19). The van der Waals surface area contributed by atoms with Gasteiger partial charge in [0.2, 0.25) is 5.91 Å². The first-order valence-electron chi connectivity index (χ1n) is 6.51. The minimum Gasteiger partial charge on any atom is -0.356 e. The molecule has 0 aliphatic carbocycles. The first-order valence-corrected chi connectivity index (χ1v) is 6.51. The summed E-state index contributed by atoms with van der Waals surface area (Å²) in [4.78, 5) is 11.8. The molecule has 1 aromatic carbocycles. The molecule has 5 heteroatoms. The molecule has 3 nitrogen and oxygen atoms in total. The molecule has 2 N–H and O–H groups in total. The number of nitrogens with one attached hydrogen (secondary N) is 2. The van der Waals surface area contributed by atoms with Gasteiger partial charge in [-0.1, -0.05) is 13.0 Å². The van der Waals surface area contributed by atoms with Crippen LogP contribution in [-0.2, 0) is 11.2 Å². The lowest BCUT2D eigenvalue weighted by atomic mass is 9.88. The first kappa shape index (κ1) is 13.9. The van der Waals surface area contributed by atoms with Gasteiger partial charge in [0.15, 0.2) is 0 Å². The fourth-order valence-electron chi connectivity index (χ4n) is 2.12. The van der Waals surface area contributed by atoms with E-state index < -0.39 is 11.6 Å². The third kappa shape index (κ3) is 3.29. The van der Waals surface area contributed by atoms with E-state index in [1.165, 1.54) is 18.2 Å². The molecule has 19 heavy (non-hydrogen) atoms. The van der Waals surface area contributed by atoms with Crippen molar-refractivity contribution in [3.05, 3.63) is 35.4 Å². The van der Waals surface area contributed by atoms with Gasteiger partial charge in [-0.2, -0.15) is 0 Å². The number of rotatable bonds is 5. The van der Waals surface area contributed by atoms with Crippen LogP contribution < -0.4 is 10.6 Å². The smallest absolute Gasteiger partial charge is 0.223 e. The molecule has 0 saturated carbocycles. The molecule has 1 aliphatic heterocycles. The van der Waals surface area contributed by atoms with Crippen LogP contribution >= 0.6 is 0 Å². The maximum atomic E-state index is 13.4. The zero-order chi connectivity index (χ0) is 13.8. The minimum absolute atomic E-state index is 0.0285. The van der Waals surface area contributed by atoms with Crippen molar-refractivity contribution in [1.82, 2.24) is 10.6 Å². The largest absolute Gasteiger partial charge is 0.356 e. The van der Waals surface area contributed by atoms with Gasteiger partial charge in [0, 0.05) is 18.0 Å². The van der Waals surface area contributed by atoms with Crippen molar-refractivity contribution in [3.8, 4) is 0 Å². The van der Waals surface area contributed by atoms with Crippen LogP contribution in [0.4, 0.5) is 8.78 Å². The Labute approximate surface area is 111 Å². The summed E-state index contributed by atoms with van der Waals surface area (Å²) >= 11 is 0. The van der Waals surface area contributed by atoms with Crippen LogP contribution in [0.1, 0.15) is 12.5 Å². The fourth-order valence-corrected chi connectivity index (χ4v) is 2.12. The normalized spacial score (nSPS) is 16.8. The molecule has 1 heterocycles. The van der Waals surface area contributed by atoms with Crippen LogP contribution in [-0.4, -0.2) is 25.5 Å². The zero-order valence-electron chi connectivity index (χ0n) is 10.9. The SMILES string of the molecule is CC(C(=O)NCCc1c(F)cccc1F)C1CNC1. The van der Waals surface area contributed by atoms with Crippen LogP contribution in [0.5, 0.6) is 0 Å². The monoisotopic (exact) mass is 268 g/mol. The van der Waals surface area contributed by atoms with Crippen molar-refractivity contribution in [3.63, 3.8) is 0 Å². The van der Waals surface area contributed by atoms with E-state index in [0.717, 1.165) is 13.1 Å². The van der Waals surface area contributed by atoms with E-state index >= 15 is 0 Å². The van der Waals surface area contributed by atoms with Gasteiger partial charge in [0.25, 0.3) is 0 Å². The van der Waals surface area contributed by atoms with Crippen LogP contribution in [0, 0.1) is 23.5 Å². The van der Waals surface area contributed by atoms with Gasteiger partial charge in [-0.05, 0) is 37.6 Å². The molecular weight excluding hydrogens is 250 g/mol. The van der Waals surface area contributed by atoms with Gasteiger partial charge in [-0.25, -0.2) is 8.78 Å². The second-order valence-corrected chi connectivity index (χ2v) is 4.95. The van der Waals surface area contributed by atoms with Gasteiger partial charge in [0.05, 0.1) is 0 Å². The van der Waals surface area contributed by atoms with Crippen LogP contribution in [0.25, 0.3) is 0 Å². The molecular formula is C14H18F2N2O. The molecule has 1 saturated heterocycles. The number of carbonyl (C=O) groups is 1. The third-order valence-electron chi connectivity index (χ3n) is 3.67. The number of hydrogen-bond acceptors (Lipinski definition) is 2. The summed E-state index contributed by atoms with van der Waals surface area (Å²) in [5.74, 6) is -0.879. The summed E-state index contributed by atoms with van der Waals surface area (Å²) in [5.41, 5.74) is 0.0285. The van der Waals surface area contributed by atoms with Crippen molar-refractivity contribution in [1.29, 1.82) is 0 Å². The molecule has 0 spiro atoms. The number of halogens is 2. The molecule has 0 radical (unpaired) electrons. The van der Waals surface area contributed by atoms with E-state index in [0.29, 0.717) is 5.92 Å². The molecule has 2 rings (SSSR count). The Morgan fingerprint density at radius 3 is 2.58 bits per heavy atom. The van der Waals surface area contributed by atoms with E-state index in [1.807, 2.05) is 6.92 Å². The van der Waals surface area contributed by atoms with Crippen molar-refractivity contribution in [2.75, 3.05) is 19.6 Å². The number of carbonyl (C=O) groups excluding carboxylic acids is 1. The Hall–Kier alpha value is -1.49. The Morgan fingerprint density at radius 2 is 2.05 bits per heavy atom. The Kier molecular flexibility index (Phi) is 4.47. The van der Waals surface area contributed by atoms with Gasteiger partial charge in [-0.3, -0.25) is 4.79 Å². The van der Waals surface area contributed by atoms with Crippen molar-refractivity contribution in [2.24, 2.45) is 11.8 Å². The maximum absolute atomic E-state index is 13.4. The highest BCUT2D eigenvalue weighted by Crippen LogP contribution is 2.16. The molecule has 0 bridgehead atoms. The topological polar surface area (TPSA) is 41.1 Å². The summed E-state index contributed by atoms with van der Waals surface area (Å²) in [6, 6.07) is 3.78. The molecule has 1 aliphatic rings. The molecule has 1 unspecified atom stereocenters. The molecule has 0 aromatic heterocycles. The lowest BCUT2D eigenvalue weighted by molar-refractivity contribution is -0.126. The zero-order valence-corrected chi connectivity index (χ0v) is 10.9. The predicted molar refractivity (Wildman–Crippen MR) is 68.6 cm³/mol. The fraction of sp³-hybridized carbons (Fsp3) is 0.500. The van der Waals surface area contributed by atoms with Gasteiger partial charge < -0.3 is 10.6 Å². The number of benzene rings is 1. The van der Waals surface area contributed by atoms with E-state index in [4.69, 9.17) is 0 Å². The van der Waals surface area contributed by atoms with E-state index in [-0.39, 0.29) is 30.4 Å². The summed E-state index contributed by atoms with van der Waals surface area (Å²) in [6.45, 7) is 3.85. The third-order valence-corrected chi connectivity index (χ3v) is 3.67. The van der Waals surface area contributed by atoms with Crippen LogP contribution in [0.3, 0.4) is 0 Å². The predicted octanol–water partition coefficient (Wildman–Crippen LogP) is 1.48. The highest BCUT2D eigenvalue weighted by atomic mass is 19.1. The van der Waals surface area contributed by atoms with E-state index in [1.54, 1.807) is 0 Å². The van der Waals surface area contributed by atoms with Crippen LogP contribution in [0.2, 0.25) is 0 Å². The minimum atomic E-state index is -0.564. The molecule has 104 valence electrons. The highest BCUT2D eigenvalue weighted by molar-refractivity contribution is 5.78. The molecule has 1 fully saturated rings. The molecule has 1 amide bonds. The maximum Gasteiger partial charge on any atom is 0.223 e. The number of hydrogen-bond donors (Lipinski definition) is 2. The highest BCUT2D eigenvalue weighted by Gasteiger charge is 2.28. The average molecular weight is 268 g/mol. The quantitative estimate of drug-likeness (QED) is 0.849. The Balaban J connectivity index is 1.81. The van der Waals surface area contributed by atoms with Crippen molar-refractivity contribution in [2.45, 2.75) is 13.3 Å². The second-order valence-electron chi connectivity index (χ2n) is 4.95. The van der Waals surface area contributed by atoms with Crippen LogP contribution in [0.15, 0.2) is 18.2 Å². The first-order chi connectivity index (χ1) is 9.09. The summed E-state index contributed by atoms with van der Waals surface area (Å²) in [6.07, 6.45) is 0.167. The molecule has 1 aromatic rings. The summed E-state index contributed by atoms with van der Waals surface area (Å²) in [7, 11) is 0. The summed E-state index contributed by atoms with van der Waals surface area (Å²) < 4.78 is 26.7. The van der Waals surface area contributed by atoms with E-state index in [2.05, 4.69) is 10.6 Å². The molecule has 1 atom stereocenters. The lowest BCUT2D eigenvalue weighted by Crippen LogP contribution is -2.49. The van der Waals surface area contributed by atoms with Gasteiger partial charge in [-0.15, -0.1) is 0 Å². The Bertz CT molecular complexity index is 441. The van der Waals surface area contributed by atoms with Gasteiger partial charge in [0.1, 0.15) is 11.6 Å². The summed E-state index contributed by atoms with van der Waals surface area (Å²) in [5, 5.41) is 5.85. The Morgan fingerprint density at radius 1 is 1.42 bits per heavy atom. The second kappa shape index (κ2) is 6.10.